The quantitative estimate of drug-likeness (QED) is 0.801. The highest BCUT2D eigenvalue weighted by Gasteiger charge is 2.17. The first-order valence-corrected chi connectivity index (χ1v) is 7.49. The summed E-state index contributed by atoms with van der Waals surface area (Å²) in [5.41, 5.74) is 2.84. The molecule has 0 aliphatic carbocycles. The van der Waals surface area contributed by atoms with Gasteiger partial charge in [-0.05, 0) is 19.4 Å². The first-order chi connectivity index (χ1) is 9.99. The first kappa shape index (κ1) is 15.6. The van der Waals surface area contributed by atoms with Gasteiger partial charge in [-0.1, -0.05) is 41.6 Å². The van der Waals surface area contributed by atoms with Crippen LogP contribution < -0.4 is 0 Å². The molecule has 1 aromatic heterocycles. The van der Waals surface area contributed by atoms with Crippen molar-refractivity contribution in [1.82, 2.24) is 9.55 Å². The topological polar surface area (TPSA) is 75.3 Å². The van der Waals surface area contributed by atoms with Crippen LogP contribution in [0.4, 0.5) is 0 Å². The van der Waals surface area contributed by atoms with Crippen molar-refractivity contribution in [1.29, 1.82) is 0 Å². The Morgan fingerprint density at radius 3 is 2.62 bits per heavy atom. The van der Waals surface area contributed by atoms with Gasteiger partial charge in [-0.3, -0.25) is 4.79 Å². The number of rotatable bonds is 6. The number of carbonyl (C=O) groups is 1. The summed E-state index contributed by atoms with van der Waals surface area (Å²) in [6, 6.07) is 8.13. The molecule has 0 bridgehead atoms. The van der Waals surface area contributed by atoms with E-state index < -0.39 is 11.2 Å². The van der Waals surface area contributed by atoms with Crippen LogP contribution >= 0.6 is 11.8 Å². The Bertz CT molecular complexity index is 622. The van der Waals surface area contributed by atoms with Crippen LogP contribution in [0.3, 0.4) is 0 Å². The summed E-state index contributed by atoms with van der Waals surface area (Å²) >= 11 is 1.18. The zero-order chi connectivity index (χ0) is 15.4. The number of aliphatic hydroxyl groups is 1. The molecule has 2 N–H and O–H groups in total. The predicted molar refractivity (Wildman–Crippen MR) is 81.4 cm³/mol. The van der Waals surface area contributed by atoms with Gasteiger partial charge in [0.25, 0.3) is 0 Å². The summed E-state index contributed by atoms with van der Waals surface area (Å²) in [6.07, 6.45) is 1.76. The van der Waals surface area contributed by atoms with Crippen LogP contribution in [-0.4, -0.2) is 31.0 Å². The maximum atomic E-state index is 11.0. The van der Waals surface area contributed by atoms with Crippen LogP contribution in [0.5, 0.6) is 0 Å². The Labute approximate surface area is 127 Å². The third-order valence-corrected chi connectivity index (χ3v) is 4.15. The fraction of sp³-hybridized carbons (Fsp3) is 0.333. The molecule has 0 saturated carbocycles. The van der Waals surface area contributed by atoms with E-state index in [4.69, 9.17) is 5.11 Å². The second-order valence-electron chi connectivity index (χ2n) is 4.88. The molecule has 5 nitrogen and oxygen atoms in total. The van der Waals surface area contributed by atoms with Crippen molar-refractivity contribution in [2.45, 2.75) is 37.4 Å². The van der Waals surface area contributed by atoms with Gasteiger partial charge >= 0.3 is 5.97 Å². The van der Waals surface area contributed by atoms with Crippen LogP contribution in [0.2, 0.25) is 0 Å². The van der Waals surface area contributed by atoms with Gasteiger partial charge in [0.15, 0.2) is 5.16 Å². The van der Waals surface area contributed by atoms with Crippen LogP contribution in [0.15, 0.2) is 35.6 Å². The summed E-state index contributed by atoms with van der Waals surface area (Å²) in [4.78, 5) is 15.3. The van der Waals surface area contributed by atoms with Gasteiger partial charge in [-0.2, -0.15) is 0 Å². The molecule has 0 amide bonds. The Morgan fingerprint density at radius 1 is 1.38 bits per heavy atom. The van der Waals surface area contributed by atoms with E-state index in [1.807, 2.05) is 35.8 Å². The highest BCUT2D eigenvalue weighted by atomic mass is 32.2. The Balaban J connectivity index is 2.22. The normalized spacial score (nSPS) is 12.3. The zero-order valence-corrected chi connectivity index (χ0v) is 12.8. The molecule has 21 heavy (non-hydrogen) atoms. The smallest absolute Gasteiger partial charge is 0.316 e. The number of hydrogen-bond donors (Lipinski definition) is 2. The summed E-state index contributed by atoms with van der Waals surface area (Å²) in [5, 5.41) is 18.2. The molecule has 0 unspecified atom stereocenters. The number of thioether (sulfide) groups is 1. The molecule has 6 heteroatoms. The molecule has 0 aliphatic heterocycles. The third kappa shape index (κ3) is 4.09. The van der Waals surface area contributed by atoms with Crippen molar-refractivity contribution < 1.29 is 15.0 Å². The van der Waals surface area contributed by atoms with E-state index in [9.17, 15) is 9.90 Å². The van der Waals surface area contributed by atoms with Gasteiger partial charge in [0.05, 0.1) is 12.3 Å². The lowest BCUT2D eigenvalue weighted by Crippen LogP contribution is -2.13. The largest absolute Gasteiger partial charge is 0.480 e. The van der Waals surface area contributed by atoms with E-state index >= 15 is 0 Å². The fourth-order valence-electron chi connectivity index (χ4n) is 1.83. The van der Waals surface area contributed by atoms with Gasteiger partial charge in [-0.25, -0.2) is 4.98 Å². The summed E-state index contributed by atoms with van der Waals surface area (Å²) in [7, 11) is 0. The number of carboxylic acids is 1. The standard InChI is InChI=1S/C15H18N2O3S/c1-10-3-5-12(6-4-10)7-17-8-13(9-18)16-15(17)21-11(2)14(19)20/h3-6,8,11,18H,7,9H2,1-2H3,(H,19,20)/t11-/m1/s1. The van der Waals surface area contributed by atoms with Crippen LogP contribution in [0, 0.1) is 6.92 Å². The van der Waals surface area contributed by atoms with Gasteiger partial charge in [0, 0.05) is 12.7 Å². The highest BCUT2D eigenvalue weighted by molar-refractivity contribution is 8.00. The number of imidazole rings is 1. The molecule has 2 rings (SSSR count). The molecular weight excluding hydrogens is 288 g/mol. The number of aliphatic carboxylic acids is 1. The monoisotopic (exact) mass is 306 g/mol. The van der Waals surface area contributed by atoms with E-state index in [0.717, 1.165) is 5.56 Å². The summed E-state index contributed by atoms with van der Waals surface area (Å²) in [5.74, 6) is -0.879. The van der Waals surface area contributed by atoms with Crippen molar-refractivity contribution in [3.63, 3.8) is 0 Å². The Hall–Kier alpha value is -1.79. The molecule has 0 aliphatic rings. The highest BCUT2D eigenvalue weighted by Crippen LogP contribution is 2.24. The van der Waals surface area contributed by atoms with Crippen molar-refractivity contribution in [2.24, 2.45) is 0 Å². The molecule has 1 atom stereocenters. The van der Waals surface area contributed by atoms with E-state index in [1.54, 1.807) is 13.1 Å². The molecular formula is C15H18N2O3S. The lowest BCUT2D eigenvalue weighted by atomic mass is 10.1. The minimum Gasteiger partial charge on any atom is -0.480 e. The van der Waals surface area contributed by atoms with Gasteiger partial charge in [0.2, 0.25) is 0 Å². The number of benzene rings is 1. The average molecular weight is 306 g/mol. The SMILES string of the molecule is Cc1ccc(Cn2cc(CO)nc2S[C@H](C)C(=O)O)cc1. The second-order valence-corrected chi connectivity index (χ2v) is 6.19. The van der Waals surface area contributed by atoms with Crippen LogP contribution in [0.25, 0.3) is 0 Å². The Morgan fingerprint density at radius 2 is 2.05 bits per heavy atom. The van der Waals surface area contributed by atoms with Crippen molar-refractivity contribution in [2.75, 3.05) is 0 Å². The first-order valence-electron chi connectivity index (χ1n) is 6.61. The average Bonchev–Trinajstić information content (AvgIpc) is 2.83. The molecule has 2 aromatic rings. The number of aliphatic hydroxyl groups excluding tert-OH is 1. The van der Waals surface area contributed by atoms with E-state index in [1.165, 1.54) is 17.3 Å². The molecule has 1 aromatic carbocycles. The number of aromatic nitrogens is 2. The van der Waals surface area contributed by atoms with Crippen molar-refractivity contribution in [3.05, 3.63) is 47.3 Å². The van der Waals surface area contributed by atoms with Gasteiger partial charge < -0.3 is 14.8 Å². The van der Waals surface area contributed by atoms with Crippen LogP contribution in [-0.2, 0) is 17.9 Å². The molecule has 1 heterocycles. The molecule has 0 spiro atoms. The number of hydrogen-bond acceptors (Lipinski definition) is 4. The zero-order valence-electron chi connectivity index (χ0n) is 12.0. The van der Waals surface area contributed by atoms with Gasteiger partial charge in [-0.15, -0.1) is 0 Å². The van der Waals surface area contributed by atoms with Crippen LogP contribution in [0.1, 0.15) is 23.7 Å². The number of aryl methyl sites for hydroxylation is 1. The van der Waals surface area contributed by atoms with Gasteiger partial charge in [0.1, 0.15) is 5.25 Å². The third-order valence-electron chi connectivity index (χ3n) is 3.06. The van der Waals surface area contributed by atoms with E-state index in [0.29, 0.717) is 17.4 Å². The number of carboxylic acid groups (broad SMARTS) is 1. The lowest BCUT2D eigenvalue weighted by Gasteiger charge is -2.09. The minimum absolute atomic E-state index is 0.157. The summed E-state index contributed by atoms with van der Waals surface area (Å²) in [6.45, 7) is 4.09. The molecule has 0 saturated heterocycles. The maximum Gasteiger partial charge on any atom is 0.316 e. The minimum atomic E-state index is -0.879. The molecule has 0 radical (unpaired) electrons. The number of nitrogens with zero attached hydrogens (tertiary/aromatic N) is 2. The molecule has 0 fully saturated rings. The second kappa shape index (κ2) is 6.78. The van der Waals surface area contributed by atoms with Crippen molar-refractivity contribution >= 4 is 17.7 Å². The predicted octanol–water partition coefficient (Wildman–Crippen LogP) is 2.30. The fourth-order valence-corrected chi connectivity index (χ4v) is 2.67. The Kier molecular flexibility index (Phi) is 5.03. The van der Waals surface area contributed by atoms with Crippen molar-refractivity contribution in [3.8, 4) is 0 Å². The maximum absolute atomic E-state index is 11.0. The van der Waals surface area contributed by atoms with E-state index in [2.05, 4.69) is 4.98 Å². The van der Waals surface area contributed by atoms with E-state index in [-0.39, 0.29) is 6.61 Å². The molecule has 112 valence electrons. The summed E-state index contributed by atoms with van der Waals surface area (Å²) < 4.78 is 1.88. The lowest BCUT2D eigenvalue weighted by molar-refractivity contribution is -0.136.